The van der Waals surface area contributed by atoms with E-state index < -0.39 is 0 Å². The van der Waals surface area contributed by atoms with Crippen molar-refractivity contribution in [2.24, 2.45) is 5.92 Å². The first-order valence-corrected chi connectivity index (χ1v) is 8.45. The Labute approximate surface area is 147 Å². The van der Waals surface area contributed by atoms with Gasteiger partial charge in [-0.3, -0.25) is 4.79 Å². The minimum absolute atomic E-state index is 0. The van der Waals surface area contributed by atoms with Crippen LogP contribution in [0.25, 0.3) is 0 Å². The number of carbonyl (C=O) groups is 1. The van der Waals surface area contributed by atoms with Crippen molar-refractivity contribution in [2.75, 3.05) is 26.2 Å². The molecule has 3 nitrogen and oxygen atoms in total. The molecule has 0 amide bonds. The van der Waals surface area contributed by atoms with Gasteiger partial charge in [-0.15, -0.1) is 12.4 Å². The first-order chi connectivity index (χ1) is 10.5. The number of hydrogen-bond donors (Lipinski definition) is 0. The van der Waals surface area contributed by atoms with E-state index >= 15 is 0 Å². The quantitative estimate of drug-likeness (QED) is 0.627. The second-order valence-electron chi connectivity index (χ2n) is 6.26. The maximum Gasteiger partial charge on any atom is 0.313 e. The third-order valence-corrected chi connectivity index (χ3v) is 4.02. The summed E-state index contributed by atoms with van der Waals surface area (Å²) in [6.07, 6.45) is 1.07. The van der Waals surface area contributed by atoms with Crippen LogP contribution in [0.4, 0.5) is 0 Å². The van der Waals surface area contributed by atoms with E-state index in [1.165, 1.54) is 5.56 Å². The lowest BCUT2D eigenvalue weighted by Crippen LogP contribution is -2.28. The van der Waals surface area contributed by atoms with Crippen LogP contribution >= 0.6 is 12.4 Å². The molecule has 0 fully saturated rings. The summed E-state index contributed by atoms with van der Waals surface area (Å²) in [4.78, 5) is 14.4. The van der Waals surface area contributed by atoms with Gasteiger partial charge in [-0.25, -0.2) is 0 Å². The molecule has 23 heavy (non-hydrogen) atoms. The van der Waals surface area contributed by atoms with Crippen LogP contribution in [0.3, 0.4) is 0 Å². The van der Waals surface area contributed by atoms with Crippen molar-refractivity contribution in [3.8, 4) is 0 Å². The zero-order valence-electron chi connectivity index (χ0n) is 15.2. The number of benzene rings is 1. The van der Waals surface area contributed by atoms with Gasteiger partial charge in [0.1, 0.15) is 6.61 Å². The summed E-state index contributed by atoms with van der Waals surface area (Å²) in [5.41, 5.74) is 2.35. The van der Waals surface area contributed by atoms with Crippen LogP contribution in [-0.4, -0.2) is 37.1 Å². The molecule has 0 aliphatic rings. The summed E-state index contributed by atoms with van der Waals surface area (Å²) in [5, 5.41) is 0. The van der Waals surface area contributed by atoms with E-state index in [-0.39, 0.29) is 24.3 Å². The molecule has 1 atom stereocenters. The highest BCUT2D eigenvalue weighted by atomic mass is 35.5. The largest absolute Gasteiger partial charge is 0.464 e. The molecule has 0 aliphatic heterocycles. The lowest BCUT2D eigenvalue weighted by Gasteiger charge is -2.18. The second kappa shape index (κ2) is 11.5. The van der Waals surface area contributed by atoms with Gasteiger partial charge in [-0.2, -0.15) is 0 Å². The van der Waals surface area contributed by atoms with Crippen LogP contribution in [0.1, 0.15) is 51.7 Å². The van der Waals surface area contributed by atoms with Gasteiger partial charge in [-0.05, 0) is 43.5 Å². The average molecular weight is 342 g/mol. The highest BCUT2D eigenvalue weighted by molar-refractivity contribution is 5.85. The lowest BCUT2D eigenvalue weighted by molar-refractivity contribution is -0.145. The monoisotopic (exact) mass is 341 g/mol. The van der Waals surface area contributed by atoms with Crippen molar-refractivity contribution < 1.29 is 9.53 Å². The van der Waals surface area contributed by atoms with Crippen LogP contribution in [0.2, 0.25) is 0 Å². The van der Waals surface area contributed by atoms with Crippen molar-refractivity contribution >= 4 is 18.4 Å². The molecule has 1 rings (SSSR count). The Hall–Kier alpha value is -1.06. The van der Waals surface area contributed by atoms with Crippen molar-refractivity contribution in [1.29, 1.82) is 0 Å². The fourth-order valence-electron chi connectivity index (χ4n) is 2.49. The van der Waals surface area contributed by atoms with E-state index in [1.54, 1.807) is 0 Å². The molecule has 1 aromatic carbocycles. The third-order valence-electron chi connectivity index (χ3n) is 4.02. The van der Waals surface area contributed by atoms with Crippen LogP contribution in [0, 0.1) is 5.92 Å². The smallest absolute Gasteiger partial charge is 0.313 e. The van der Waals surface area contributed by atoms with E-state index in [4.69, 9.17) is 4.74 Å². The van der Waals surface area contributed by atoms with E-state index in [1.807, 2.05) is 19.1 Å². The fraction of sp³-hybridized carbons (Fsp3) is 0.632. The molecule has 0 aliphatic carbocycles. The summed E-state index contributed by atoms with van der Waals surface area (Å²) in [6.45, 7) is 13.8. The normalized spacial score (nSPS) is 12.1. The van der Waals surface area contributed by atoms with E-state index in [9.17, 15) is 4.79 Å². The maximum atomic E-state index is 12.1. The molecule has 0 spiro atoms. The first-order valence-electron chi connectivity index (χ1n) is 8.45. The summed E-state index contributed by atoms with van der Waals surface area (Å²) in [5.74, 6) is 0.307. The molecular weight excluding hydrogens is 310 g/mol. The number of rotatable bonds is 9. The van der Waals surface area contributed by atoms with Crippen molar-refractivity contribution in [1.82, 2.24) is 4.90 Å². The van der Waals surface area contributed by atoms with Crippen molar-refractivity contribution in [3.05, 3.63) is 35.4 Å². The highest BCUT2D eigenvalue weighted by Crippen LogP contribution is 2.18. The fourth-order valence-corrected chi connectivity index (χ4v) is 2.49. The molecule has 4 heteroatoms. The summed E-state index contributed by atoms with van der Waals surface area (Å²) >= 11 is 0. The molecule has 0 saturated heterocycles. The van der Waals surface area contributed by atoms with E-state index in [0.29, 0.717) is 12.5 Å². The molecule has 0 bridgehead atoms. The van der Waals surface area contributed by atoms with E-state index in [2.05, 4.69) is 44.7 Å². The summed E-state index contributed by atoms with van der Waals surface area (Å²) in [7, 11) is 0. The van der Waals surface area contributed by atoms with E-state index in [0.717, 1.165) is 31.6 Å². The lowest BCUT2D eigenvalue weighted by atomic mass is 9.97. The summed E-state index contributed by atoms with van der Waals surface area (Å²) < 4.78 is 5.41. The van der Waals surface area contributed by atoms with Gasteiger partial charge in [0.25, 0.3) is 0 Å². The van der Waals surface area contributed by atoms with Gasteiger partial charge in [0.05, 0.1) is 5.92 Å². The molecule has 0 saturated carbocycles. The highest BCUT2D eigenvalue weighted by Gasteiger charge is 2.17. The molecule has 0 aromatic heterocycles. The number of ether oxygens (including phenoxy) is 1. The van der Waals surface area contributed by atoms with Crippen molar-refractivity contribution in [2.45, 2.75) is 47.0 Å². The average Bonchev–Trinajstić information content (AvgIpc) is 2.51. The predicted octanol–water partition coefficient (Wildman–Crippen LogP) is 4.30. The molecule has 1 unspecified atom stereocenters. The zero-order valence-corrected chi connectivity index (χ0v) is 16.0. The molecular formula is C19H32ClNO2. The molecule has 0 heterocycles. The van der Waals surface area contributed by atoms with Gasteiger partial charge in [-0.1, -0.05) is 52.0 Å². The zero-order chi connectivity index (χ0) is 16.5. The molecule has 1 aromatic rings. The molecule has 132 valence electrons. The Kier molecular flexibility index (Phi) is 10.9. The van der Waals surface area contributed by atoms with Gasteiger partial charge >= 0.3 is 5.97 Å². The van der Waals surface area contributed by atoms with Gasteiger partial charge in [0, 0.05) is 6.54 Å². The standard InChI is InChI=1S/C19H31NO2.ClH/c1-6-20(7-2)12-13-22-19(21)16(5)18-10-8-17(9-11-18)14-15(3)4;/h8-11,15-16H,6-7,12-14H2,1-5H3;1H. The Morgan fingerprint density at radius 3 is 2.13 bits per heavy atom. The topological polar surface area (TPSA) is 29.5 Å². The van der Waals surface area contributed by atoms with Crippen LogP contribution < -0.4 is 0 Å². The minimum atomic E-state index is -0.204. The second-order valence-corrected chi connectivity index (χ2v) is 6.26. The number of likely N-dealkylation sites (N-methyl/N-ethyl adjacent to an activating group) is 1. The Balaban J connectivity index is 0.00000484. The van der Waals surface area contributed by atoms with Crippen molar-refractivity contribution in [3.63, 3.8) is 0 Å². The predicted molar refractivity (Wildman–Crippen MR) is 99.4 cm³/mol. The number of nitrogens with zero attached hydrogens (tertiary/aromatic N) is 1. The third kappa shape index (κ3) is 7.85. The Morgan fingerprint density at radius 2 is 1.65 bits per heavy atom. The summed E-state index contributed by atoms with van der Waals surface area (Å²) in [6, 6.07) is 8.34. The Morgan fingerprint density at radius 1 is 1.09 bits per heavy atom. The Bertz CT molecular complexity index is 441. The number of carbonyl (C=O) groups excluding carboxylic acids is 1. The van der Waals surface area contributed by atoms with Gasteiger partial charge in [0.2, 0.25) is 0 Å². The van der Waals surface area contributed by atoms with Crippen LogP contribution in [-0.2, 0) is 16.0 Å². The number of esters is 1. The van der Waals surface area contributed by atoms with Crippen LogP contribution in [0.5, 0.6) is 0 Å². The SMILES string of the molecule is CCN(CC)CCOC(=O)C(C)c1ccc(CC(C)C)cc1.Cl. The first kappa shape index (κ1) is 21.9. The molecule has 0 N–H and O–H groups in total. The number of hydrogen-bond acceptors (Lipinski definition) is 3. The minimum Gasteiger partial charge on any atom is -0.464 e. The van der Waals surface area contributed by atoms with Gasteiger partial charge in [0.15, 0.2) is 0 Å². The molecule has 0 radical (unpaired) electrons. The van der Waals surface area contributed by atoms with Crippen LogP contribution in [0.15, 0.2) is 24.3 Å². The number of halogens is 1. The van der Waals surface area contributed by atoms with Gasteiger partial charge < -0.3 is 9.64 Å². The maximum absolute atomic E-state index is 12.1.